The summed E-state index contributed by atoms with van der Waals surface area (Å²) in [5.74, 6) is 1.59. The number of hydrogen-bond acceptors (Lipinski definition) is 4. The molecular formula is C15H23N5. The van der Waals surface area contributed by atoms with Gasteiger partial charge in [0, 0.05) is 12.7 Å². The molecule has 0 spiro atoms. The Morgan fingerprint density at radius 3 is 2.90 bits per heavy atom. The zero-order chi connectivity index (χ0) is 13.9. The first kappa shape index (κ1) is 13.4. The standard InChI is InChI=1S/C15H23N5/c1-12-4-3-9-20-14(12)17-15(18-20)16-8-5-13-6-10-19(2)11-7-13/h3-4,9,13H,5-8,10-11H2,1-2H3,(H,16,18). The Kier molecular flexibility index (Phi) is 3.87. The Hall–Kier alpha value is -1.62. The van der Waals surface area contributed by atoms with Gasteiger partial charge in [-0.3, -0.25) is 0 Å². The molecule has 5 nitrogen and oxygen atoms in total. The Morgan fingerprint density at radius 1 is 1.35 bits per heavy atom. The number of piperidine rings is 1. The lowest BCUT2D eigenvalue weighted by Crippen LogP contribution is -2.30. The molecule has 0 unspecified atom stereocenters. The number of aromatic nitrogens is 3. The van der Waals surface area contributed by atoms with Gasteiger partial charge in [-0.15, -0.1) is 5.10 Å². The number of aryl methyl sites for hydroxylation is 1. The number of nitrogens with zero attached hydrogens (tertiary/aromatic N) is 4. The van der Waals surface area contributed by atoms with E-state index in [1.54, 1.807) is 0 Å². The van der Waals surface area contributed by atoms with E-state index in [1.807, 2.05) is 16.8 Å². The van der Waals surface area contributed by atoms with Crippen LogP contribution in [0, 0.1) is 12.8 Å². The zero-order valence-corrected chi connectivity index (χ0v) is 12.3. The Morgan fingerprint density at radius 2 is 2.15 bits per heavy atom. The van der Waals surface area contributed by atoms with Gasteiger partial charge in [0.1, 0.15) is 0 Å². The number of fused-ring (bicyclic) bond motifs is 1. The van der Waals surface area contributed by atoms with Crippen molar-refractivity contribution in [2.24, 2.45) is 5.92 Å². The summed E-state index contributed by atoms with van der Waals surface area (Å²) in [6, 6.07) is 4.06. The molecule has 2 aromatic rings. The first-order valence-electron chi connectivity index (χ1n) is 7.47. The SMILES string of the molecule is Cc1cccn2nc(NCCC3CCN(C)CC3)nc12. The highest BCUT2D eigenvalue weighted by molar-refractivity contribution is 5.49. The molecule has 0 saturated carbocycles. The van der Waals surface area contributed by atoms with Crippen LogP contribution >= 0.6 is 0 Å². The lowest BCUT2D eigenvalue weighted by molar-refractivity contribution is 0.215. The fraction of sp³-hybridized carbons (Fsp3) is 0.600. The maximum atomic E-state index is 4.54. The highest BCUT2D eigenvalue weighted by Gasteiger charge is 2.16. The number of pyridine rings is 1. The summed E-state index contributed by atoms with van der Waals surface area (Å²) in [7, 11) is 2.21. The minimum absolute atomic E-state index is 0.743. The molecule has 3 rings (SSSR count). The smallest absolute Gasteiger partial charge is 0.243 e. The Balaban J connectivity index is 1.53. The maximum Gasteiger partial charge on any atom is 0.243 e. The van der Waals surface area contributed by atoms with E-state index < -0.39 is 0 Å². The predicted octanol–water partition coefficient (Wildman–Crippen LogP) is 2.18. The van der Waals surface area contributed by atoms with Crippen molar-refractivity contribution in [3.63, 3.8) is 0 Å². The average molecular weight is 273 g/mol. The van der Waals surface area contributed by atoms with Crippen LogP contribution in [0.4, 0.5) is 5.95 Å². The molecule has 2 aromatic heterocycles. The minimum Gasteiger partial charge on any atom is -0.353 e. The topological polar surface area (TPSA) is 45.5 Å². The van der Waals surface area contributed by atoms with Gasteiger partial charge in [0.2, 0.25) is 5.95 Å². The number of likely N-dealkylation sites (tertiary alicyclic amines) is 1. The van der Waals surface area contributed by atoms with Gasteiger partial charge in [-0.25, -0.2) is 4.52 Å². The number of hydrogen-bond donors (Lipinski definition) is 1. The van der Waals surface area contributed by atoms with Crippen LogP contribution in [-0.4, -0.2) is 46.2 Å². The zero-order valence-electron chi connectivity index (χ0n) is 12.3. The van der Waals surface area contributed by atoms with Crippen molar-refractivity contribution in [2.75, 3.05) is 32.0 Å². The van der Waals surface area contributed by atoms with Crippen LogP contribution in [0.5, 0.6) is 0 Å². The van der Waals surface area contributed by atoms with E-state index in [1.165, 1.54) is 32.4 Å². The normalized spacial score (nSPS) is 17.7. The van der Waals surface area contributed by atoms with Crippen LogP contribution < -0.4 is 5.32 Å². The summed E-state index contributed by atoms with van der Waals surface area (Å²) in [5.41, 5.74) is 2.10. The van der Waals surface area contributed by atoms with Gasteiger partial charge in [-0.05, 0) is 63.9 Å². The van der Waals surface area contributed by atoms with Crippen molar-refractivity contribution in [2.45, 2.75) is 26.2 Å². The first-order chi connectivity index (χ1) is 9.72. The monoisotopic (exact) mass is 273 g/mol. The van der Waals surface area contributed by atoms with Gasteiger partial charge in [0.25, 0.3) is 0 Å². The van der Waals surface area contributed by atoms with Gasteiger partial charge in [0.05, 0.1) is 0 Å². The highest BCUT2D eigenvalue weighted by Crippen LogP contribution is 2.19. The van der Waals surface area contributed by atoms with Crippen LogP contribution in [0.2, 0.25) is 0 Å². The van der Waals surface area contributed by atoms with Crippen molar-refractivity contribution < 1.29 is 0 Å². The molecule has 20 heavy (non-hydrogen) atoms. The summed E-state index contributed by atoms with van der Waals surface area (Å²) >= 11 is 0. The second-order valence-corrected chi connectivity index (χ2v) is 5.86. The fourth-order valence-electron chi connectivity index (χ4n) is 2.85. The molecule has 1 aliphatic heterocycles. The molecule has 108 valence electrons. The molecule has 1 N–H and O–H groups in total. The van der Waals surface area contributed by atoms with E-state index in [0.29, 0.717) is 0 Å². The lowest BCUT2D eigenvalue weighted by atomic mass is 9.94. The van der Waals surface area contributed by atoms with E-state index in [0.717, 1.165) is 29.6 Å². The van der Waals surface area contributed by atoms with E-state index in [-0.39, 0.29) is 0 Å². The van der Waals surface area contributed by atoms with Crippen LogP contribution in [0.15, 0.2) is 18.3 Å². The minimum atomic E-state index is 0.743. The molecule has 0 amide bonds. The molecule has 1 saturated heterocycles. The van der Waals surface area contributed by atoms with Crippen molar-refractivity contribution in [3.05, 3.63) is 23.9 Å². The summed E-state index contributed by atoms with van der Waals surface area (Å²) in [5, 5.41) is 7.82. The molecular weight excluding hydrogens is 250 g/mol. The molecule has 0 atom stereocenters. The fourth-order valence-corrected chi connectivity index (χ4v) is 2.85. The summed E-state index contributed by atoms with van der Waals surface area (Å²) < 4.78 is 1.84. The predicted molar refractivity (Wildman–Crippen MR) is 81.1 cm³/mol. The third-order valence-electron chi connectivity index (χ3n) is 4.23. The second kappa shape index (κ2) is 5.79. The maximum absolute atomic E-state index is 4.54. The molecule has 0 bridgehead atoms. The lowest BCUT2D eigenvalue weighted by Gasteiger charge is -2.28. The molecule has 5 heteroatoms. The average Bonchev–Trinajstić information content (AvgIpc) is 2.85. The molecule has 1 fully saturated rings. The van der Waals surface area contributed by atoms with E-state index in [9.17, 15) is 0 Å². The molecule has 0 aromatic carbocycles. The van der Waals surface area contributed by atoms with Gasteiger partial charge in [-0.1, -0.05) is 6.07 Å². The molecule has 0 radical (unpaired) electrons. The van der Waals surface area contributed by atoms with Crippen molar-refractivity contribution in [1.29, 1.82) is 0 Å². The van der Waals surface area contributed by atoms with Gasteiger partial charge in [-0.2, -0.15) is 4.98 Å². The molecule has 1 aliphatic rings. The summed E-state index contributed by atoms with van der Waals surface area (Å²) in [6.07, 6.45) is 5.78. The second-order valence-electron chi connectivity index (χ2n) is 5.86. The van der Waals surface area contributed by atoms with Crippen molar-refractivity contribution >= 4 is 11.6 Å². The number of rotatable bonds is 4. The number of nitrogens with one attached hydrogen (secondary N) is 1. The Labute approximate surface area is 120 Å². The van der Waals surface area contributed by atoms with Crippen molar-refractivity contribution in [1.82, 2.24) is 19.5 Å². The Bertz CT molecular complexity index is 569. The highest BCUT2D eigenvalue weighted by atomic mass is 15.3. The van der Waals surface area contributed by atoms with E-state index >= 15 is 0 Å². The van der Waals surface area contributed by atoms with Crippen LogP contribution in [0.1, 0.15) is 24.8 Å². The summed E-state index contributed by atoms with van der Waals surface area (Å²) in [4.78, 5) is 6.95. The van der Waals surface area contributed by atoms with Crippen LogP contribution in [0.25, 0.3) is 5.65 Å². The van der Waals surface area contributed by atoms with E-state index in [4.69, 9.17) is 0 Å². The van der Waals surface area contributed by atoms with Crippen LogP contribution in [0.3, 0.4) is 0 Å². The van der Waals surface area contributed by atoms with Gasteiger partial charge < -0.3 is 10.2 Å². The largest absolute Gasteiger partial charge is 0.353 e. The number of anilines is 1. The van der Waals surface area contributed by atoms with Gasteiger partial charge in [0.15, 0.2) is 5.65 Å². The van der Waals surface area contributed by atoms with Crippen LogP contribution in [-0.2, 0) is 0 Å². The summed E-state index contributed by atoms with van der Waals surface area (Å²) in [6.45, 7) is 5.49. The quantitative estimate of drug-likeness (QED) is 0.927. The van der Waals surface area contributed by atoms with Crippen molar-refractivity contribution in [3.8, 4) is 0 Å². The third kappa shape index (κ3) is 2.93. The van der Waals surface area contributed by atoms with E-state index in [2.05, 4.69) is 40.3 Å². The first-order valence-corrected chi connectivity index (χ1v) is 7.47. The third-order valence-corrected chi connectivity index (χ3v) is 4.23. The molecule has 0 aliphatic carbocycles. The molecule has 3 heterocycles. The van der Waals surface area contributed by atoms with Gasteiger partial charge >= 0.3 is 0 Å².